The van der Waals surface area contributed by atoms with Gasteiger partial charge in [0, 0.05) is 6.04 Å². The number of fused-ring (bicyclic) bond motifs is 1. The lowest BCUT2D eigenvalue weighted by Crippen LogP contribution is -2.25. The van der Waals surface area contributed by atoms with Crippen LogP contribution in [0.3, 0.4) is 0 Å². The van der Waals surface area contributed by atoms with E-state index in [4.69, 9.17) is 15.2 Å². The van der Waals surface area contributed by atoms with Gasteiger partial charge >= 0.3 is 0 Å². The molecule has 0 saturated heterocycles. The first-order valence-corrected chi connectivity index (χ1v) is 6.99. The first-order chi connectivity index (χ1) is 9.81. The van der Waals surface area contributed by atoms with Gasteiger partial charge in [0.15, 0.2) is 11.5 Å². The van der Waals surface area contributed by atoms with Gasteiger partial charge in [-0.3, -0.25) is 0 Å². The molecule has 3 heteroatoms. The molecule has 104 valence electrons. The minimum atomic E-state index is 0.111. The van der Waals surface area contributed by atoms with E-state index >= 15 is 0 Å². The highest BCUT2D eigenvalue weighted by Crippen LogP contribution is 2.31. The van der Waals surface area contributed by atoms with Gasteiger partial charge in [-0.15, -0.1) is 0 Å². The second kappa shape index (κ2) is 5.97. The minimum absolute atomic E-state index is 0.111. The average Bonchev–Trinajstić information content (AvgIpc) is 2.48. The van der Waals surface area contributed by atoms with Crippen LogP contribution in [0.2, 0.25) is 0 Å². The molecule has 0 saturated carbocycles. The zero-order chi connectivity index (χ0) is 13.8. The van der Waals surface area contributed by atoms with E-state index in [9.17, 15) is 0 Å². The number of hydrogen-bond donors (Lipinski definition) is 1. The topological polar surface area (TPSA) is 44.5 Å². The first kappa shape index (κ1) is 13.0. The van der Waals surface area contributed by atoms with Crippen LogP contribution >= 0.6 is 0 Å². The van der Waals surface area contributed by atoms with Crippen molar-refractivity contribution in [2.75, 3.05) is 13.2 Å². The predicted octanol–water partition coefficient (Wildman–Crippen LogP) is 2.57. The Balaban J connectivity index is 1.65. The third-order valence-corrected chi connectivity index (χ3v) is 3.45. The molecule has 2 N–H and O–H groups in total. The molecule has 2 aromatic carbocycles. The van der Waals surface area contributed by atoms with Crippen molar-refractivity contribution in [2.45, 2.75) is 18.9 Å². The molecule has 0 aliphatic carbocycles. The second-order valence-corrected chi connectivity index (χ2v) is 5.13. The first-order valence-electron chi connectivity index (χ1n) is 6.99. The maximum Gasteiger partial charge on any atom is 0.161 e. The molecule has 0 fully saturated rings. The lowest BCUT2D eigenvalue weighted by Gasteiger charge is -2.19. The van der Waals surface area contributed by atoms with Crippen LogP contribution in [0.25, 0.3) is 0 Å². The molecule has 1 unspecified atom stereocenters. The second-order valence-electron chi connectivity index (χ2n) is 5.13. The summed E-state index contributed by atoms with van der Waals surface area (Å²) in [7, 11) is 0. The van der Waals surface area contributed by atoms with Crippen molar-refractivity contribution < 1.29 is 9.47 Å². The van der Waals surface area contributed by atoms with Crippen molar-refractivity contribution in [3.63, 3.8) is 0 Å². The fourth-order valence-electron chi connectivity index (χ4n) is 2.51. The molecule has 1 atom stereocenters. The van der Waals surface area contributed by atoms with Gasteiger partial charge in [0.05, 0.1) is 0 Å². The monoisotopic (exact) mass is 269 g/mol. The predicted molar refractivity (Wildman–Crippen MR) is 79.3 cm³/mol. The van der Waals surface area contributed by atoms with Gasteiger partial charge in [-0.05, 0) is 36.1 Å². The van der Waals surface area contributed by atoms with E-state index in [1.54, 1.807) is 0 Å². The Kier molecular flexibility index (Phi) is 3.88. The number of hydrogen-bond acceptors (Lipinski definition) is 3. The van der Waals surface area contributed by atoms with Gasteiger partial charge in [0.1, 0.15) is 13.2 Å². The highest BCUT2D eigenvalue weighted by molar-refractivity contribution is 5.44. The van der Waals surface area contributed by atoms with Gasteiger partial charge in [-0.25, -0.2) is 0 Å². The Bertz CT molecular complexity index is 568. The quantitative estimate of drug-likeness (QED) is 0.927. The molecule has 0 bridgehead atoms. The van der Waals surface area contributed by atoms with Crippen LogP contribution in [0, 0.1) is 0 Å². The molecule has 3 nitrogen and oxygen atoms in total. The zero-order valence-corrected chi connectivity index (χ0v) is 11.4. The summed E-state index contributed by atoms with van der Waals surface area (Å²) in [6.07, 6.45) is 1.72. The summed E-state index contributed by atoms with van der Waals surface area (Å²) in [5.41, 5.74) is 8.71. The SMILES string of the molecule is NC(Cc1ccccc1)Cc1ccc2c(c1)OCCO2. The van der Waals surface area contributed by atoms with Crippen molar-refractivity contribution in [2.24, 2.45) is 5.73 Å². The smallest absolute Gasteiger partial charge is 0.161 e. The van der Waals surface area contributed by atoms with Crippen molar-refractivity contribution in [1.29, 1.82) is 0 Å². The van der Waals surface area contributed by atoms with Crippen molar-refractivity contribution in [3.05, 3.63) is 59.7 Å². The molecule has 0 amide bonds. The van der Waals surface area contributed by atoms with E-state index in [-0.39, 0.29) is 6.04 Å². The fraction of sp³-hybridized carbons (Fsp3) is 0.294. The van der Waals surface area contributed by atoms with Crippen LogP contribution in [-0.2, 0) is 12.8 Å². The van der Waals surface area contributed by atoms with Gasteiger partial charge in [0.25, 0.3) is 0 Å². The van der Waals surface area contributed by atoms with Crippen LogP contribution in [0.15, 0.2) is 48.5 Å². The van der Waals surface area contributed by atoms with Gasteiger partial charge in [0.2, 0.25) is 0 Å². The third-order valence-electron chi connectivity index (χ3n) is 3.45. The standard InChI is InChI=1S/C17H19NO2/c18-15(10-13-4-2-1-3-5-13)11-14-6-7-16-17(12-14)20-9-8-19-16/h1-7,12,15H,8-11,18H2. The normalized spacial score (nSPS) is 14.8. The summed E-state index contributed by atoms with van der Waals surface area (Å²) in [6.45, 7) is 1.24. The van der Waals surface area contributed by atoms with E-state index in [0.717, 1.165) is 24.3 Å². The summed E-state index contributed by atoms with van der Waals surface area (Å²) in [6, 6.07) is 16.5. The molecule has 0 aromatic heterocycles. The van der Waals surface area contributed by atoms with E-state index in [1.807, 2.05) is 30.3 Å². The molecule has 0 spiro atoms. The summed E-state index contributed by atoms with van der Waals surface area (Å²) < 4.78 is 11.1. The highest BCUT2D eigenvalue weighted by atomic mass is 16.6. The molecule has 0 radical (unpaired) electrons. The Morgan fingerprint density at radius 2 is 1.55 bits per heavy atom. The number of rotatable bonds is 4. The van der Waals surface area contributed by atoms with Crippen LogP contribution in [0.4, 0.5) is 0 Å². The van der Waals surface area contributed by atoms with Gasteiger partial charge < -0.3 is 15.2 Å². The van der Waals surface area contributed by atoms with E-state index in [0.29, 0.717) is 13.2 Å². The lowest BCUT2D eigenvalue weighted by atomic mass is 9.99. The molecular weight excluding hydrogens is 250 g/mol. The Morgan fingerprint density at radius 3 is 2.35 bits per heavy atom. The highest BCUT2D eigenvalue weighted by Gasteiger charge is 2.13. The number of ether oxygens (including phenoxy) is 2. The van der Waals surface area contributed by atoms with Gasteiger partial charge in [-0.2, -0.15) is 0 Å². The van der Waals surface area contributed by atoms with Gasteiger partial charge in [-0.1, -0.05) is 36.4 Å². The lowest BCUT2D eigenvalue weighted by molar-refractivity contribution is 0.171. The van der Waals surface area contributed by atoms with Crippen LogP contribution in [0.1, 0.15) is 11.1 Å². The Labute approximate surface area is 119 Å². The third kappa shape index (κ3) is 3.11. The van der Waals surface area contributed by atoms with Crippen LogP contribution in [-0.4, -0.2) is 19.3 Å². The fourth-order valence-corrected chi connectivity index (χ4v) is 2.51. The maximum absolute atomic E-state index is 6.24. The molecular formula is C17H19NO2. The molecule has 3 rings (SSSR count). The summed E-state index contributed by atoms with van der Waals surface area (Å²) in [5, 5.41) is 0. The summed E-state index contributed by atoms with van der Waals surface area (Å²) >= 11 is 0. The average molecular weight is 269 g/mol. The Morgan fingerprint density at radius 1 is 0.850 bits per heavy atom. The van der Waals surface area contributed by atoms with E-state index in [1.165, 1.54) is 11.1 Å². The van der Waals surface area contributed by atoms with Crippen molar-refractivity contribution in [3.8, 4) is 11.5 Å². The van der Waals surface area contributed by atoms with Crippen molar-refractivity contribution in [1.82, 2.24) is 0 Å². The zero-order valence-electron chi connectivity index (χ0n) is 11.4. The summed E-state index contributed by atoms with van der Waals surface area (Å²) in [5.74, 6) is 1.66. The largest absolute Gasteiger partial charge is 0.486 e. The van der Waals surface area contributed by atoms with E-state index in [2.05, 4.69) is 18.2 Å². The minimum Gasteiger partial charge on any atom is -0.486 e. The molecule has 20 heavy (non-hydrogen) atoms. The summed E-state index contributed by atoms with van der Waals surface area (Å²) in [4.78, 5) is 0. The molecule has 2 aromatic rings. The molecule has 1 aliphatic heterocycles. The van der Waals surface area contributed by atoms with Crippen LogP contribution in [0.5, 0.6) is 11.5 Å². The van der Waals surface area contributed by atoms with Crippen molar-refractivity contribution >= 4 is 0 Å². The number of benzene rings is 2. The Hall–Kier alpha value is -2.00. The maximum atomic E-state index is 6.24. The van der Waals surface area contributed by atoms with Crippen LogP contribution < -0.4 is 15.2 Å². The molecule has 1 aliphatic rings. The molecule has 1 heterocycles. The van der Waals surface area contributed by atoms with E-state index < -0.39 is 0 Å². The number of nitrogens with two attached hydrogens (primary N) is 1.